The van der Waals surface area contributed by atoms with E-state index in [0.29, 0.717) is 25.9 Å². The van der Waals surface area contributed by atoms with E-state index in [1.807, 2.05) is 11.9 Å². The standard InChI is InChI=1S/C24H30FN3O4S/c1-27-11-13-28(14-12-27)24(29)21-16-19(15-20(21)17-7-9-18(25)10-8-17)26-33(30,31)23-6-4-3-5-22(23)32-2/h3-10,19-21,26H,11-16H2,1-2H3/t19-,20+,21-/m0/s1. The third kappa shape index (κ3) is 5.20. The number of nitrogens with one attached hydrogen (secondary N) is 1. The third-order valence-electron chi connectivity index (χ3n) is 6.67. The zero-order chi connectivity index (χ0) is 23.6. The number of piperazine rings is 1. The number of methoxy groups -OCH3 is 1. The van der Waals surface area contributed by atoms with Crippen molar-refractivity contribution < 1.29 is 22.3 Å². The molecule has 9 heteroatoms. The van der Waals surface area contributed by atoms with Crippen LogP contribution in [0.4, 0.5) is 4.39 Å². The first-order chi connectivity index (χ1) is 15.8. The molecule has 1 saturated carbocycles. The molecule has 0 unspecified atom stereocenters. The fraction of sp³-hybridized carbons (Fsp3) is 0.458. The zero-order valence-electron chi connectivity index (χ0n) is 18.9. The Bertz CT molecular complexity index is 1090. The van der Waals surface area contributed by atoms with Gasteiger partial charge in [-0.15, -0.1) is 0 Å². The summed E-state index contributed by atoms with van der Waals surface area (Å²) < 4.78 is 47.8. The highest BCUT2D eigenvalue weighted by Crippen LogP contribution is 2.42. The number of para-hydroxylation sites is 1. The number of amides is 1. The van der Waals surface area contributed by atoms with E-state index in [4.69, 9.17) is 4.74 Å². The van der Waals surface area contributed by atoms with Crippen LogP contribution >= 0.6 is 0 Å². The molecule has 4 rings (SSSR count). The van der Waals surface area contributed by atoms with Gasteiger partial charge in [-0.05, 0) is 55.6 Å². The number of rotatable bonds is 6. The summed E-state index contributed by atoms with van der Waals surface area (Å²) in [5.74, 6) is -0.598. The topological polar surface area (TPSA) is 78.9 Å². The number of halogens is 1. The van der Waals surface area contributed by atoms with E-state index in [2.05, 4.69) is 9.62 Å². The van der Waals surface area contributed by atoms with Gasteiger partial charge in [0.2, 0.25) is 15.9 Å². The number of carbonyl (C=O) groups excluding carboxylic acids is 1. The fourth-order valence-corrected chi connectivity index (χ4v) is 6.30. The number of hydrogen-bond donors (Lipinski definition) is 1. The second-order valence-corrected chi connectivity index (χ2v) is 10.5. The van der Waals surface area contributed by atoms with Gasteiger partial charge in [-0.3, -0.25) is 4.79 Å². The average Bonchev–Trinajstić information content (AvgIpc) is 3.22. The molecule has 7 nitrogen and oxygen atoms in total. The SMILES string of the molecule is COc1ccccc1S(=O)(=O)N[C@@H]1C[C@H](C(=O)N2CCN(C)CC2)[C@@H](c2ccc(F)cc2)C1. The second kappa shape index (κ2) is 9.79. The number of likely N-dealkylation sites (N-methyl/N-ethyl adjacent to an activating group) is 1. The van der Waals surface area contributed by atoms with Gasteiger partial charge in [0, 0.05) is 38.1 Å². The molecule has 3 atom stereocenters. The van der Waals surface area contributed by atoms with E-state index >= 15 is 0 Å². The van der Waals surface area contributed by atoms with Gasteiger partial charge in [0.25, 0.3) is 0 Å². The Hall–Kier alpha value is -2.49. The Morgan fingerprint density at radius 1 is 1.03 bits per heavy atom. The Balaban J connectivity index is 1.58. The van der Waals surface area contributed by atoms with Crippen LogP contribution in [0, 0.1) is 11.7 Å². The van der Waals surface area contributed by atoms with Crippen molar-refractivity contribution in [3.63, 3.8) is 0 Å². The van der Waals surface area contributed by atoms with Gasteiger partial charge in [0.05, 0.1) is 7.11 Å². The van der Waals surface area contributed by atoms with E-state index in [-0.39, 0.29) is 34.2 Å². The number of sulfonamides is 1. The molecule has 1 N–H and O–H groups in total. The molecule has 1 saturated heterocycles. The van der Waals surface area contributed by atoms with Crippen molar-refractivity contribution in [2.24, 2.45) is 5.92 Å². The summed E-state index contributed by atoms with van der Waals surface area (Å²) >= 11 is 0. The van der Waals surface area contributed by atoms with Crippen LogP contribution in [0.25, 0.3) is 0 Å². The van der Waals surface area contributed by atoms with Crippen LogP contribution in [-0.4, -0.2) is 70.5 Å². The van der Waals surface area contributed by atoms with E-state index in [0.717, 1.165) is 18.7 Å². The van der Waals surface area contributed by atoms with Gasteiger partial charge >= 0.3 is 0 Å². The van der Waals surface area contributed by atoms with Crippen molar-refractivity contribution in [3.8, 4) is 5.75 Å². The molecule has 0 spiro atoms. The summed E-state index contributed by atoms with van der Waals surface area (Å²) in [6.45, 7) is 2.92. The molecule has 0 aromatic heterocycles. The lowest BCUT2D eigenvalue weighted by atomic mass is 9.88. The molecule has 2 aromatic rings. The van der Waals surface area contributed by atoms with E-state index in [9.17, 15) is 17.6 Å². The van der Waals surface area contributed by atoms with Gasteiger partial charge in [0.1, 0.15) is 16.5 Å². The van der Waals surface area contributed by atoms with Gasteiger partial charge in [0.15, 0.2) is 0 Å². The predicted molar refractivity (Wildman–Crippen MR) is 123 cm³/mol. The number of hydrogen-bond acceptors (Lipinski definition) is 5. The lowest BCUT2D eigenvalue weighted by Crippen LogP contribution is -2.49. The molecule has 1 aliphatic heterocycles. The molecule has 1 heterocycles. The van der Waals surface area contributed by atoms with Crippen LogP contribution in [0.3, 0.4) is 0 Å². The summed E-state index contributed by atoms with van der Waals surface area (Å²) in [5.41, 5.74) is 0.850. The van der Waals surface area contributed by atoms with Gasteiger partial charge in [-0.25, -0.2) is 17.5 Å². The summed E-state index contributed by atoms with van der Waals surface area (Å²) in [6.07, 6.45) is 0.853. The minimum absolute atomic E-state index is 0.0383. The molecule has 2 fully saturated rings. The highest BCUT2D eigenvalue weighted by atomic mass is 32.2. The molecule has 0 bridgehead atoms. The molecule has 2 aromatic carbocycles. The number of benzene rings is 2. The first kappa shape index (κ1) is 23.7. The fourth-order valence-electron chi connectivity index (χ4n) is 4.87. The molecule has 0 radical (unpaired) electrons. The van der Waals surface area contributed by atoms with Crippen molar-refractivity contribution in [3.05, 3.63) is 59.9 Å². The maximum atomic E-state index is 13.5. The summed E-state index contributed by atoms with van der Waals surface area (Å²) in [6, 6.07) is 12.2. The smallest absolute Gasteiger partial charge is 0.244 e. The Labute approximate surface area is 194 Å². The summed E-state index contributed by atoms with van der Waals surface area (Å²) in [5, 5.41) is 0. The van der Waals surface area contributed by atoms with Crippen molar-refractivity contribution in [2.75, 3.05) is 40.3 Å². The van der Waals surface area contributed by atoms with Gasteiger partial charge in [-0.1, -0.05) is 24.3 Å². The lowest BCUT2D eigenvalue weighted by Gasteiger charge is -2.35. The van der Waals surface area contributed by atoms with Crippen LogP contribution < -0.4 is 9.46 Å². The Morgan fingerprint density at radius 3 is 2.36 bits per heavy atom. The summed E-state index contributed by atoms with van der Waals surface area (Å²) in [4.78, 5) is 17.6. The Kier molecular flexibility index (Phi) is 7.02. The van der Waals surface area contributed by atoms with Gasteiger partial charge in [-0.2, -0.15) is 0 Å². The van der Waals surface area contributed by atoms with Crippen LogP contribution in [0.1, 0.15) is 24.3 Å². The Morgan fingerprint density at radius 2 is 1.70 bits per heavy atom. The van der Waals surface area contributed by atoms with Gasteiger partial charge < -0.3 is 14.5 Å². The van der Waals surface area contributed by atoms with Crippen LogP contribution in [0.5, 0.6) is 5.75 Å². The largest absolute Gasteiger partial charge is 0.495 e. The molecular weight excluding hydrogens is 445 g/mol. The summed E-state index contributed by atoms with van der Waals surface area (Å²) in [7, 11) is -0.388. The monoisotopic (exact) mass is 475 g/mol. The van der Waals surface area contributed by atoms with Crippen molar-refractivity contribution >= 4 is 15.9 Å². The number of ether oxygens (including phenoxy) is 1. The molecule has 1 aliphatic carbocycles. The quantitative estimate of drug-likeness (QED) is 0.695. The molecular formula is C24H30FN3O4S. The average molecular weight is 476 g/mol. The maximum Gasteiger partial charge on any atom is 0.244 e. The van der Waals surface area contributed by atoms with E-state index in [1.165, 1.54) is 25.3 Å². The highest BCUT2D eigenvalue weighted by Gasteiger charge is 2.43. The first-order valence-electron chi connectivity index (χ1n) is 11.2. The lowest BCUT2D eigenvalue weighted by molar-refractivity contribution is -0.137. The maximum absolute atomic E-state index is 13.5. The predicted octanol–water partition coefficient (Wildman–Crippen LogP) is 2.45. The van der Waals surface area contributed by atoms with Crippen LogP contribution in [-0.2, 0) is 14.8 Å². The number of nitrogens with zero attached hydrogens (tertiary/aromatic N) is 2. The van der Waals surface area contributed by atoms with Crippen molar-refractivity contribution in [1.82, 2.24) is 14.5 Å². The molecule has 1 amide bonds. The van der Waals surface area contributed by atoms with Crippen LogP contribution in [0.15, 0.2) is 53.4 Å². The molecule has 33 heavy (non-hydrogen) atoms. The van der Waals surface area contributed by atoms with E-state index in [1.54, 1.807) is 30.3 Å². The van der Waals surface area contributed by atoms with E-state index < -0.39 is 16.1 Å². The second-order valence-electron chi connectivity index (χ2n) is 8.83. The number of carbonyl (C=O) groups is 1. The minimum atomic E-state index is -3.85. The first-order valence-corrected chi connectivity index (χ1v) is 12.6. The normalized spacial score (nSPS) is 24.1. The highest BCUT2D eigenvalue weighted by molar-refractivity contribution is 7.89. The minimum Gasteiger partial charge on any atom is -0.495 e. The van der Waals surface area contributed by atoms with Crippen LogP contribution in [0.2, 0.25) is 0 Å². The zero-order valence-corrected chi connectivity index (χ0v) is 19.7. The third-order valence-corrected chi connectivity index (χ3v) is 8.23. The van der Waals surface area contributed by atoms with Crippen molar-refractivity contribution in [1.29, 1.82) is 0 Å². The molecule has 2 aliphatic rings. The van der Waals surface area contributed by atoms with Crippen molar-refractivity contribution in [2.45, 2.75) is 29.7 Å². The molecule has 178 valence electrons.